The van der Waals surface area contributed by atoms with Crippen molar-refractivity contribution in [2.75, 3.05) is 7.11 Å². The van der Waals surface area contributed by atoms with Gasteiger partial charge in [0.05, 0.1) is 29.9 Å². The minimum Gasteiger partial charge on any atom is -0.497 e. The summed E-state index contributed by atoms with van der Waals surface area (Å²) in [7, 11) is 1.69. The van der Waals surface area contributed by atoms with E-state index in [9.17, 15) is 0 Å². The average Bonchev–Trinajstić information content (AvgIpc) is 3.13. The molecule has 4 aromatic rings. The van der Waals surface area contributed by atoms with Crippen LogP contribution in [0.5, 0.6) is 5.75 Å². The Bertz CT molecular complexity index is 1120. The maximum atomic E-state index is 5.39. The molecule has 0 aliphatic heterocycles. The van der Waals surface area contributed by atoms with Crippen LogP contribution in [0.2, 0.25) is 0 Å². The van der Waals surface area contributed by atoms with Gasteiger partial charge in [0.15, 0.2) is 0 Å². The molecule has 4 rings (SSSR count). The van der Waals surface area contributed by atoms with Crippen molar-refractivity contribution in [1.29, 1.82) is 0 Å². The summed E-state index contributed by atoms with van der Waals surface area (Å²) >= 11 is 0. The van der Waals surface area contributed by atoms with E-state index in [1.165, 1.54) is 0 Å². The van der Waals surface area contributed by atoms with Crippen LogP contribution in [0.25, 0.3) is 22.1 Å². The van der Waals surface area contributed by atoms with Crippen molar-refractivity contribution < 1.29 is 4.74 Å². The minimum atomic E-state index is 0.843. The van der Waals surface area contributed by atoms with Crippen LogP contribution in [0.15, 0.2) is 42.5 Å². The molecule has 0 aliphatic carbocycles. The zero-order chi connectivity index (χ0) is 18.4. The summed E-state index contributed by atoms with van der Waals surface area (Å²) in [6.45, 7) is 8.17. The van der Waals surface area contributed by atoms with Crippen molar-refractivity contribution in [2.24, 2.45) is 0 Å². The molecule has 5 heteroatoms. The predicted octanol–water partition coefficient (Wildman–Crippen LogP) is 4.45. The van der Waals surface area contributed by atoms with Gasteiger partial charge < -0.3 is 4.74 Å². The largest absolute Gasteiger partial charge is 0.497 e. The first-order valence-electron chi connectivity index (χ1n) is 8.65. The van der Waals surface area contributed by atoms with Gasteiger partial charge in [-0.05, 0) is 74.9 Å². The molecule has 0 amide bonds. The fourth-order valence-corrected chi connectivity index (χ4v) is 3.46. The maximum Gasteiger partial charge on any atom is 0.119 e. The summed E-state index contributed by atoms with van der Waals surface area (Å²) in [5.41, 5.74) is 6.19. The minimum absolute atomic E-state index is 0.843. The van der Waals surface area contributed by atoms with Crippen LogP contribution in [-0.2, 0) is 0 Å². The fraction of sp³-hybridized carbons (Fsp3) is 0.238. The molecule has 2 aromatic heterocycles. The van der Waals surface area contributed by atoms with Gasteiger partial charge in [-0.25, -0.2) is 9.36 Å². The molecule has 0 radical (unpaired) electrons. The van der Waals surface area contributed by atoms with Crippen molar-refractivity contribution in [3.8, 4) is 17.1 Å². The van der Waals surface area contributed by atoms with Gasteiger partial charge in [0.25, 0.3) is 0 Å². The molecule has 0 atom stereocenters. The standard InChI is InChI=1S/C21H22N4O/c1-13-8-15(3)24(22-13)20-11-17-6-7-19(26-5)10-18(17)12-21(20)25-16(4)9-14(2)23-25/h6-12H,1-5H3. The Balaban J connectivity index is 2.06. The number of benzene rings is 2. The summed E-state index contributed by atoms with van der Waals surface area (Å²) in [5, 5.41) is 11.6. The second-order valence-electron chi connectivity index (χ2n) is 6.73. The van der Waals surface area contributed by atoms with Crippen molar-refractivity contribution in [1.82, 2.24) is 19.6 Å². The zero-order valence-corrected chi connectivity index (χ0v) is 15.7. The van der Waals surface area contributed by atoms with E-state index in [4.69, 9.17) is 14.9 Å². The highest BCUT2D eigenvalue weighted by Crippen LogP contribution is 2.30. The lowest BCUT2D eigenvalue weighted by Crippen LogP contribution is -2.08. The quantitative estimate of drug-likeness (QED) is 0.550. The number of aryl methyl sites for hydroxylation is 4. The summed E-state index contributed by atoms with van der Waals surface area (Å²) < 4.78 is 9.37. The number of ether oxygens (including phenoxy) is 1. The van der Waals surface area contributed by atoms with Crippen molar-refractivity contribution in [2.45, 2.75) is 27.7 Å². The van der Waals surface area contributed by atoms with Crippen LogP contribution < -0.4 is 4.74 Å². The molecule has 2 heterocycles. The Hall–Kier alpha value is -3.08. The predicted molar refractivity (Wildman–Crippen MR) is 104 cm³/mol. The van der Waals surface area contributed by atoms with Crippen LogP contribution in [-0.4, -0.2) is 26.7 Å². The zero-order valence-electron chi connectivity index (χ0n) is 15.7. The molecule has 5 nitrogen and oxygen atoms in total. The van der Waals surface area contributed by atoms with E-state index >= 15 is 0 Å². The van der Waals surface area contributed by atoms with Crippen molar-refractivity contribution >= 4 is 10.8 Å². The molecule has 0 spiro atoms. The van der Waals surface area contributed by atoms with Gasteiger partial charge in [0.1, 0.15) is 5.75 Å². The normalized spacial score (nSPS) is 11.3. The number of hydrogen-bond donors (Lipinski definition) is 0. The van der Waals surface area contributed by atoms with E-state index < -0.39 is 0 Å². The van der Waals surface area contributed by atoms with Gasteiger partial charge in [0.2, 0.25) is 0 Å². The smallest absolute Gasteiger partial charge is 0.119 e. The van der Waals surface area contributed by atoms with Crippen LogP contribution in [0.4, 0.5) is 0 Å². The molecule has 0 unspecified atom stereocenters. The third-order valence-electron chi connectivity index (χ3n) is 4.62. The van der Waals surface area contributed by atoms with E-state index in [2.05, 4.69) is 50.2 Å². The van der Waals surface area contributed by atoms with Crippen LogP contribution >= 0.6 is 0 Å². The van der Waals surface area contributed by atoms with E-state index in [0.717, 1.165) is 50.7 Å². The first-order valence-corrected chi connectivity index (χ1v) is 8.65. The summed E-state index contributed by atoms with van der Waals surface area (Å²) in [4.78, 5) is 0. The van der Waals surface area contributed by atoms with Gasteiger partial charge in [-0.15, -0.1) is 0 Å². The lowest BCUT2D eigenvalue weighted by atomic mass is 10.1. The van der Waals surface area contributed by atoms with E-state index in [1.807, 2.05) is 29.3 Å². The molecule has 0 bridgehead atoms. The molecule has 0 aliphatic rings. The van der Waals surface area contributed by atoms with Gasteiger partial charge in [-0.3, -0.25) is 0 Å². The third-order valence-corrected chi connectivity index (χ3v) is 4.62. The molecule has 0 N–H and O–H groups in total. The number of hydrogen-bond acceptors (Lipinski definition) is 3. The van der Waals surface area contributed by atoms with Crippen LogP contribution in [0.3, 0.4) is 0 Å². The molecule has 26 heavy (non-hydrogen) atoms. The van der Waals surface area contributed by atoms with E-state index in [1.54, 1.807) is 7.11 Å². The number of rotatable bonds is 3. The highest BCUT2D eigenvalue weighted by Gasteiger charge is 2.15. The van der Waals surface area contributed by atoms with Crippen LogP contribution in [0.1, 0.15) is 22.8 Å². The monoisotopic (exact) mass is 346 g/mol. The lowest BCUT2D eigenvalue weighted by molar-refractivity contribution is 0.415. The van der Waals surface area contributed by atoms with E-state index in [0.29, 0.717) is 0 Å². The first kappa shape index (κ1) is 16.4. The van der Waals surface area contributed by atoms with Gasteiger partial charge in [-0.1, -0.05) is 6.07 Å². The van der Waals surface area contributed by atoms with E-state index in [-0.39, 0.29) is 0 Å². The van der Waals surface area contributed by atoms with Crippen molar-refractivity contribution in [3.05, 3.63) is 65.2 Å². The maximum absolute atomic E-state index is 5.39. The van der Waals surface area contributed by atoms with Crippen molar-refractivity contribution in [3.63, 3.8) is 0 Å². The topological polar surface area (TPSA) is 44.9 Å². The lowest BCUT2D eigenvalue weighted by Gasteiger charge is -2.15. The summed E-state index contributed by atoms with van der Waals surface area (Å²) in [6.07, 6.45) is 0. The number of nitrogens with zero attached hydrogens (tertiary/aromatic N) is 4. The highest BCUT2D eigenvalue weighted by atomic mass is 16.5. The Morgan fingerprint density at radius 1 is 0.692 bits per heavy atom. The molecular weight excluding hydrogens is 324 g/mol. The van der Waals surface area contributed by atoms with Crippen LogP contribution in [0, 0.1) is 27.7 Å². The van der Waals surface area contributed by atoms with Gasteiger partial charge in [0, 0.05) is 11.4 Å². The molecule has 132 valence electrons. The molecular formula is C21H22N4O. The molecule has 0 saturated heterocycles. The molecule has 0 saturated carbocycles. The molecule has 2 aromatic carbocycles. The van der Waals surface area contributed by atoms with Gasteiger partial charge >= 0.3 is 0 Å². The second-order valence-corrected chi connectivity index (χ2v) is 6.73. The Morgan fingerprint density at radius 3 is 1.69 bits per heavy atom. The van der Waals surface area contributed by atoms with Gasteiger partial charge in [-0.2, -0.15) is 10.2 Å². The summed E-state index contributed by atoms with van der Waals surface area (Å²) in [6, 6.07) is 14.6. The average molecular weight is 346 g/mol. The Morgan fingerprint density at radius 2 is 1.23 bits per heavy atom. The number of aromatic nitrogens is 4. The highest BCUT2D eigenvalue weighted by molar-refractivity contribution is 5.89. The third kappa shape index (κ3) is 2.65. The first-order chi connectivity index (χ1) is 12.5. The second kappa shape index (κ2) is 6.02. The fourth-order valence-electron chi connectivity index (χ4n) is 3.46. The molecule has 0 fully saturated rings. The number of methoxy groups -OCH3 is 1. The Labute approximate surface area is 152 Å². The Kier molecular flexibility index (Phi) is 3.80. The SMILES string of the molecule is COc1ccc2cc(-n3nc(C)cc3C)c(-n3nc(C)cc3C)cc2c1. The number of fused-ring (bicyclic) bond motifs is 1. The summed E-state index contributed by atoms with van der Waals surface area (Å²) in [5.74, 6) is 0.843.